The van der Waals surface area contributed by atoms with Gasteiger partial charge in [-0.05, 0) is 39.3 Å². The monoisotopic (exact) mass is 274 g/mol. The first-order valence-corrected chi connectivity index (χ1v) is 7.56. The van der Waals surface area contributed by atoms with E-state index >= 15 is 0 Å². The lowest BCUT2D eigenvalue weighted by atomic mass is 10.0. The number of piperidine rings is 1. The predicted molar refractivity (Wildman–Crippen MR) is 77.2 cm³/mol. The van der Waals surface area contributed by atoms with Gasteiger partial charge in [0.15, 0.2) is 0 Å². The first-order valence-electron chi connectivity index (χ1n) is 6.74. The molecule has 1 saturated heterocycles. The SMILES string of the molecule is Cc1cc(-c2ncc(C)s2)nc([C@H]2CCCCN2)n1. The van der Waals surface area contributed by atoms with Gasteiger partial charge in [0.1, 0.15) is 16.5 Å². The number of nitrogens with zero attached hydrogens (tertiary/aromatic N) is 3. The van der Waals surface area contributed by atoms with Crippen molar-refractivity contribution in [1.82, 2.24) is 20.3 Å². The second-order valence-electron chi connectivity index (χ2n) is 5.03. The maximum Gasteiger partial charge on any atom is 0.146 e. The van der Waals surface area contributed by atoms with Crippen molar-refractivity contribution >= 4 is 11.3 Å². The van der Waals surface area contributed by atoms with Crippen LogP contribution in [0.5, 0.6) is 0 Å². The van der Waals surface area contributed by atoms with E-state index in [2.05, 4.69) is 22.2 Å². The lowest BCUT2D eigenvalue weighted by molar-refractivity contribution is 0.397. The van der Waals surface area contributed by atoms with Crippen molar-refractivity contribution < 1.29 is 0 Å². The molecule has 0 bridgehead atoms. The van der Waals surface area contributed by atoms with E-state index in [1.807, 2.05) is 19.2 Å². The summed E-state index contributed by atoms with van der Waals surface area (Å²) in [5.74, 6) is 0.919. The van der Waals surface area contributed by atoms with Crippen LogP contribution in [-0.2, 0) is 0 Å². The molecule has 0 amide bonds. The zero-order valence-corrected chi connectivity index (χ0v) is 12.1. The van der Waals surface area contributed by atoms with Crippen molar-refractivity contribution in [2.24, 2.45) is 0 Å². The van der Waals surface area contributed by atoms with Crippen LogP contribution in [0.25, 0.3) is 10.7 Å². The highest BCUT2D eigenvalue weighted by atomic mass is 32.1. The molecular weight excluding hydrogens is 256 g/mol. The Balaban J connectivity index is 1.95. The number of rotatable bonds is 2. The fraction of sp³-hybridized carbons (Fsp3) is 0.500. The molecule has 100 valence electrons. The normalized spacial score (nSPS) is 19.6. The third-order valence-corrected chi connectivity index (χ3v) is 4.27. The molecule has 2 aromatic rings. The maximum atomic E-state index is 4.72. The van der Waals surface area contributed by atoms with Gasteiger partial charge in [-0.3, -0.25) is 0 Å². The topological polar surface area (TPSA) is 50.7 Å². The Morgan fingerprint density at radius 2 is 2.16 bits per heavy atom. The minimum absolute atomic E-state index is 0.299. The highest BCUT2D eigenvalue weighted by molar-refractivity contribution is 7.14. The van der Waals surface area contributed by atoms with Crippen molar-refractivity contribution in [3.8, 4) is 10.7 Å². The van der Waals surface area contributed by atoms with Crippen molar-refractivity contribution in [3.05, 3.63) is 28.7 Å². The summed E-state index contributed by atoms with van der Waals surface area (Å²) in [5.41, 5.74) is 1.97. The maximum absolute atomic E-state index is 4.72. The summed E-state index contributed by atoms with van der Waals surface area (Å²) in [4.78, 5) is 14.9. The lowest BCUT2D eigenvalue weighted by Crippen LogP contribution is -2.28. The summed E-state index contributed by atoms with van der Waals surface area (Å²) in [6, 6.07) is 2.32. The Morgan fingerprint density at radius 1 is 1.26 bits per heavy atom. The lowest BCUT2D eigenvalue weighted by Gasteiger charge is -2.22. The molecule has 0 radical (unpaired) electrons. The first-order chi connectivity index (χ1) is 9.22. The van der Waals surface area contributed by atoms with Crippen LogP contribution in [0.3, 0.4) is 0 Å². The highest BCUT2D eigenvalue weighted by Gasteiger charge is 2.19. The molecule has 3 rings (SSSR count). The smallest absolute Gasteiger partial charge is 0.146 e. The Bertz CT molecular complexity index is 573. The standard InChI is InChI=1S/C14H18N4S/c1-9-7-12(14-16-8-10(2)19-14)18-13(17-9)11-5-3-4-6-15-11/h7-8,11,15H,3-6H2,1-2H3/t11-/m1/s1. The molecule has 1 atom stereocenters. The fourth-order valence-corrected chi connectivity index (χ4v) is 3.13. The fourth-order valence-electron chi connectivity index (χ4n) is 2.40. The zero-order chi connectivity index (χ0) is 13.2. The molecule has 3 heterocycles. The minimum Gasteiger partial charge on any atom is -0.307 e. The second kappa shape index (κ2) is 5.35. The van der Waals surface area contributed by atoms with Gasteiger partial charge in [0.05, 0.1) is 6.04 Å². The first kappa shape index (κ1) is 12.7. The number of thiazole rings is 1. The molecule has 0 unspecified atom stereocenters. The van der Waals surface area contributed by atoms with Gasteiger partial charge in [0.25, 0.3) is 0 Å². The number of nitrogens with one attached hydrogen (secondary N) is 1. The summed E-state index contributed by atoms with van der Waals surface area (Å²) in [5, 5.41) is 4.49. The molecule has 1 fully saturated rings. The van der Waals surface area contributed by atoms with E-state index in [0.717, 1.165) is 35.2 Å². The third kappa shape index (κ3) is 2.82. The van der Waals surface area contributed by atoms with Crippen LogP contribution in [-0.4, -0.2) is 21.5 Å². The highest BCUT2D eigenvalue weighted by Crippen LogP contribution is 2.26. The number of aryl methyl sites for hydroxylation is 2. The van der Waals surface area contributed by atoms with Crippen LogP contribution in [0.15, 0.2) is 12.3 Å². The Hall–Kier alpha value is -1.33. The third-order valence-electron chi connectivity index (χ3n) is 3.33. The molecular formula is C14H18N4S. The van der Waals surface area contributed by atoms with Crippen molar-refractivity contribution in [2.45, 2.75) is 39.2 Å². The molecule has 1 aliphatic heterocycles. The summed E-state index contributed by atoms with van der Waals surface area (Å²) >= 11 is 1.68. The number of hydrogen-bond donors (Lipinski definition) is 1. The molecule has 2 aromatic heterocycles. The number of aromatic nitrogens is 3. The molecule has 4 nitrogen and oxygen atoms in total. The zero-order valence-electron chi connectivity index (χ0n) is 11.3. The molecule has 1 aliphatic rings. The number of hydrogen-bond acceptors (Lipinski definition) is 5. The summed E-state index contributed by atoms with van der Waals surface area (Å²) in [6.07, 6.45) is 5.53. The van der Waals surface area contributed by atoms with Gasteiger partial charge in [0, 0.05) is 16.8 Å². The van der Waals surface area contributed by atoms with Crippen LogP contribution in [0, 0.1) is 13.8 Å². The summed E-state index contributed by atoms with van der Waals surface area (Å²) in [6.45, 7) is 5.16. The molecule has 0 saturated carbocycles. The van der Waals surface area contributed by atoms with E-state index in [4.69, 9.17) is 4.98 Å². The molecule has 5 heteroatoms. The Morgan fingerprint density at radius 3 is 2.84 bits per heavy atom. The Labute approximate surface area is 117 Å². The van der Waals surface area contributed by atoms with Gasteiger partial charge in [-0.25, -0.2) is 15.0 Å². The predicted octanol–water partition coefficient (Wildman–Crippen LogP) is 3.03. The van der Waals surface area contributed by atoms with Crippen molar-refractivity contribution in [1.29, 1.82) is 0 Å². The van der Waals surface area contributed by atoms with Gasteiger partial charge < -0.3 is 5.32 Å². The minimum atomic E-state index is 0.299. The molecule has 1 N–H and O–H groups in total. The molecule has 0 aliphatic carbocycles. The summed E-state index contributed by atoms with van der Waals surface area (Å²) in [7, 11) is 0. The van der Waals surface area contributed by atoms with Gasteiger partial charge >= 0.3 is 0 Å². The van der Waals surface area contributed by atoms with E-state index < -0.39 is 0 Å². The molecule has 0 spiro atoms. The van der Waals surface area contributed by atoms with Gasteiger partial charge in [-0.15, -0.1) is 11.3 Å². The molecule has 0 aromatic carbocycles. The van der Waals surface area contributed by atoms with Crippen molar-refractivity contribution in [3.63, 3.8) is 0 Å². The van der Waals surface area contributed by atoms with Crippen LogP contribution < -0.4 is 5.32 Å². The van der Waals surface area contributed by atoms with Gasteiger partial charge in [-0.1, -0.05) is 6.42 Å². The largest absolute Gasteiger partial charge is 0.307 e. The quantitative estimate of drug-likeness (QED) is 0.914. The summed E-state index contributed by atoms with van der Waals surface area (Å²) < 4.78 is 0. The van der Waals surface area contributed by atoms with Crippen LogP contribution in [0.4, 0.5) is 0 Å². The Kier molecular flexibility index (Phi) is 3.57. The second-order valence-corrected chi connectivity index (χ2v) is 6.27. The van der Waals surface area contributed by atoms with E-state index in [1.54, 1.807) is 11.3 Å². The van der Waals surface area contributed by atoms with Crippen molar-refractivity contribution in [2.75, 3.05) is 6.54 Å². The van der Waals surface area contributed by atoms with E-state index in [9.17, 15) is 0 Å². The average Bonchev–Trinajstić information content (AvgIpc) is 2.86. The van der Waals surface area contributed by atoms with E-state index in [0.29, 0.717) is 6.04 Å². The van der Waals surface area contributed by atoms with Crippen LogP contribution in [0.2, 0.25) is 0 Å². The van der Waals surface area contributed by atoms with Gasteiger partial charge in [-0.2, -0.15) is 0 Å². The van der Waals surface area contributed by atoms with Gasteiger partial charge in [0.2, 0.25) is 0 Å². The van der Waals surface area contributed by atoms with E-state index in [-0.39, 0.29) is 0 Å². The van der Waals surface area contributed by atoms with Crippen LogP contribution in [0.1, 0.15) is 41.7 Å². The van der Waals surface area contributed by atoms with Crippen LogP contribution >= 0.6 is 11.3 Å². The molecule has 19 heavy (non-hydrogen) atoms. The average molecular weight is 274 g/mol. The van der Waals surface area contributed by atoms with E-state index in [1.165, 1.54) is 17.7 Å².